The summed E-state index contributed by atoms with van der Waals surface area (Å²) in [6.45, 7) is 35.4. The number of hydrogen-bond acceptors (Lipinski definition) is 3. The average molecular weight is 636 g/mol. The van der Waals surface area contributed by atoms with Crippen LogP contribution in [0.25, 0.3) is 0 Å². The maximum absolute atomic E-state index is 13.5. The van der Waals surface area contributed by atoms with E-state index in [1.165, 1.54) is 0 Å². The topological polar surface area (TPSA) is 87.3 Å². The molecule has 0 spiro atoms. The summed E-state index contributed by atoms with van der Waals surface area (Å²) in [6.07, 6.45) is 6.49. The molecule has 6 atom stereocenters. The van der Waals surface area contributed by atoms with Gasteiger partial charge >= 0.3 is 0 Å². The van der Waals surface area contributed by atoms with Gasteiger partial charge in [-0.2, -0.15) is 0 Å². The van der Waals surface area contributed by atoms with Crippen LogP contribution in [0.15, 0.2) is 0 Å². The number of carbonyl (C=O) groups excluding carboxylic acids is 3. The predicted molar refractivity (Wildman–Crippen MR) is 193 cm³/mol. The maximum atomic E-state index is 13.5. The molecule has 6 heteroatoms. The van der Waals surface area contributed by atoms with Gasteiger partial charge in [-0.15, -0.1) is 0 Å². The average Bonchev–Trinajstić information content (AvgIpc) is 2.91. The first-order valence-corrected chi connectivity index (χ1v) is 18.4. The lowest BCUT2D eigenvalue weighted by molar-refractivity contribution is -0.133. The Morgan fingerprint density at radius 1 is 0.489 bits per heavy atom. The zero-order valence-electron chi connectivity index (χ0n) is 32.5. The molecule has 6 unspecified atom stereocenters. The summed E-state index contributed by atoms with van der Waals surface area (Å²) < 4.78 is 0. The zero-order valence-corrected chi connectivity index (χ0v) is 32.5. The summed E-state index contributed by atoms with van der Waals surface area (Å²) in [5.74, 6) is 1.51. The first kappa shape index (κ1) is 43.4. The van der Waals surface area contributed by atoms with E-state index in [0.717, 1.165) is 38.5 Å². The molecule has 0 aromatic rings. The molecule has 0 aliphatic heterocycles. The number of nitrogens with one attached hydrogen (secondary N) is 3. The Labute approximate surface area is 280 Å². The third-order valence-electron chi connectivity index (χ3n) is 10.4. The first-order chi connectivity index (χ1) is 20.5. The molecule has 0 aliphatic rings. The fourth-order valence-corrected chi connectivity index (χ4v) is 6.95. The van der Waals surface area contributed by atoms with Crippen molar-refractivity contribution in [1.82, 2.24) is 16.0 Å². The maximum Gasteiger partial charge on any atom is 0.224 e. The minimum Gasteiger partial charge on any atom is -0.356 e. The Balaban J connectivity index is 5.39. The van der Waals surface area contributed by atoms with Crippen molar-refractivity contribution in [3.8, 4) is 0 Å². The van der Waals surface area contributed by atoms with Crippen molar-refractivity contribution in [2.45, 2.75) is 155 Å². The van der Waals surface area contributed by atoms with Gasteiger partial charge in [-0.05, 0) is 71.0 Å². The smallest absolute Gasteiger partial charge is 0.224 e. The van der Waals surface area contributed by atoms with Gasteiger partial charge < -0.3 is 16.0 Å². The molecule has 6 nitrogen and oxygen atoms in total. The van der Waals surface area contributed by atoms with Crippen LogP contribution in [0.3, 0.4) is 0 Å². The molecule has 0 fully saturated rings. The molecule has 0 aromatic heterocycles. The second-order valence-electron chi connectivity index (χ2n) is 17.9. The van der Waals surface area contributed by atoms with Crippen LogP contribution in [0.1, 0.15) is 155 Å². The van der Waals surface area contributed by atoms with Crippen LogP contribution >= 0.6 is 0 Å². The summed E-state index contributed by atoms with van der Waals surface area (Å²) in [6, 6.07) is 0. The minimum absolute atomic E-state index is 0.0217. The highest BCUT2D eigenvalue weighted by Crippen LogP contribution is 2.35. The minimum atomic E-state index is -0.691. The van der Waals surface area contributed by atoms with Crippen LogP contribution in [0.2, 0.25) is 0 Å². The number of carbonyl (C=O) groups is 3. The summed E-state index contributed by atoms with van der Waals surface area (Å²) in [7, 11) is 0. The van der Waals surface area contributed by atoms with Crippen LogP contribution in [0.5, 0.6) is 0 Å². The summed E-state index contributed by atoms with van der Waals surface area (Å²) in [5.41, 5.74) is 0.674. The van der Waals surface area contributed by atoms with Gasteiger partial charge in [-0.1, -0.05) is 123 Å². The molecule has 0 rings (SSSR count). The lowest BCUT2D eigenvalue weighted by Gasteiger charge is -2.32. The van der Waals surface area contributed by atoms with E-state index in [2.05, 4.69) is 120 Å². The van der Waals surface area contributed by atoms with E-state index in [0.29, 0.717) is 55.1 Å². The highest BCUT2D eigenvalue weighted by atomic mass is 16.2. The highest BCUT2D eigenvalue weighted by Gasteiger charge is 2.29. The van der Waals surface area contributed by atoms with E-state index >= 15 is 0 Å². The zero-order chi connectivity index (χ0) is 35.2. The third kappa shape index (κ3) is 18.4. The molecule has 0 aromatic carbocycles. The van der Waals surface area contributed by atoms with Gasteiger partial charge in [-0.25, -0.2) is 0 Å². The van der Waals surface area contributed by atoms with Crippen molar-refractivity contribution >= 4 is 17.7 Å². The molecule has 266 valence electrons. The van der Waals surface area contributed by atoms with Gasteiger partial charge in [-0.3, -0.25) is 14.4 Å². The number of hydrogen-bond donors (Lipinski definition) is 3. The van der Waals surface area contributed by atoms with Crippen molar-refractivity contribution < 1.29 is 14.4 Å². The Morgan fingerprint density at radius 2 is 0.756 bits per heavy atom. The molecule has 0 saturated carbocycles. The normalized spacial score (nSPS) is 17.4. The molecule has 0 saturated heterocycles. The molecule has 0 bridgehead atoms. The molecular weight excluding hydrogens is 558 g/mol. The van der Waals surface area contributed by atoms with Crippen LogP contribution in [0, 0.1) is 57.7 Å². The van der Waals surface area contributed by atoms with Gasteiger partial charge in [0, 0.05) is 32.5 Å². The summed E-state index contributed by atoms with van der Waals surface area (Å²) in [5, 5.41) is 9.26. The van der Waals surface area contributed by atoms with E-state index in [9.17, 15) is 14.4 Å². The van der Waals surface area contributed by atoms with Gasteiger partial charge in [0.15, 0.2) is 0 Å². The van der Waals surface area contributed by atoms with E-state index < -0.39 is 5.92 Å². The Kier molecular flexibility index (Phi) is 19.2. The molecule has 0 radical (unpaired) electrons. The molecule has 45 heavy (non-hydrogen) atoms. The van der Waals surface area contributed by atoms with Gasteiger partial charge in [0.05, 0.1) is 5.92 Å². The van der Waals surface area contributed by atoms with Gasteiger partial charge in [0.1, 0.15) is 0 Å². The third-order valence-corrected chi connectivity index (χ3v) is 10.4. The molecule has 3 N–H and O–H groups in total. The molecule has 3 amide bonds. The lowest BCUT2D eigenvalue weighted by Crippen LogP contribution is -2.41. The largest absolute Gasteiger partial charge is 0.356 e. The SMILES string of the molecule is CCC(CC(C)CNC(=O)CC(CC(=O)NCC(C)CC(CC)C(C)(C)C)C(=O)NCC(C)CC(CC)C(C)(C)C)C(C)(C)C. The van der Waals surface area contributed by atoms with Gasteiger partial charge in [0.25, 0.3) is 0 Å². The highest BCUT2D eigenvalue weighted by molar-refractivity contribution is 5.90. The van der Waals surface area contributed by atoms with E-state index in [1.807, 2.05) is 0 Å². The number of rotatable bonds is 20. The Hall–Kier alpha value is -1.59. The van der Waals surface area contributed by atoms with Crippen LogP contribution < -0.4 is 16.0 Å². The van der Waals surface area contributed by atoms with Crippen molar-refractivity contribution in [3.63, 3.8) is 0 Å². The van der Waals surface area contributed by atoms with Crippen molar-refractivity contribution in [2.75, 3.05) is 19.6 Å². The van der Waals surface area contributed by atoms with Crippen LogP contribution in [-0.4, -0.2) is 37.4 Å². The van der Waals surface area contributed by atoms with Crippen molar-refractivity contribution in [1.29, 1.82) is 0 Å². The van der Waals surface area contributed by atoms with Crippen molar-refractivity contribution in [2.24, 2.45) is 57.7 Å². The predicted octanol–water partition coefficient (Wildman–Crippen LogP) is 9.03. The standard InChI is InChI=1S/C39H77N3O3/c1-16-31(37(7,8)9)19-27(4)24-40-34(43)22-30(36(45)42-26-29(6)21-33(18-3)39(13,14)15)23-35(44)41-25-28(5)20-32(17-2)38(10,11)12/h27-33H,16-26H2,1-15H3,(H,40,43)(H,41,44)(H,42,45). The fourth-order valence-electron chi connectivity index (χ4n) is 6.95. The van der Waals surface area contributed by atoms with E-state index in [4.69, 9.17) is 0 Å². The van der Waals surface area contributed by atoms with Crippen LogP contribution in [-0.2, 0) is 14.4 Å². The van der Waals surface area contributed by atoms with Gasteiger partial charge in [0.2, 0.25) is 17.7 Å². The molecule has 0 aliphatic carbocycles. The Morgan fingerprint density at radius 3 is 1.00 bits per heavy atom. The second kappa shape index (κ2) is 19.9. The Bertz CT molecular complexity index is 816. The summed E-state index contributed by atoms with van der Waals surface area (Å²) >= 11 is 0. The quantitative estimate of drug-likeness (QED) is 0.125. The number of amides is 3. The molecule has 0 heterocycles. The van der Waals surface area contributed by atoms with Crippen LogP contribution in [0.4, 0.5) is 0 Å². The second-order valence-corrected chi connectivity index (χ2v) is 17.9. The molecular formula is C39H77N3O3. The summed E-state index contributed by atoms with van der Waals surface area (Å²) in [4.78, 5) is 39.7. The van der Waals surface area contributed by atoms with Crippen molar-refractivity contribution in [3.05, 3.63) is 0 Å². The lowest BCUT2D eigenvalue weighted by atomic mass is 9.74. The van der Waals surface area contributed by atoms with E-state index in [1.54, 1.807) is 0 Å². The van der Waals surface area contributed by atoms with E-state index in [-0.39, 0.29) is 46.8 Å². The monoisotopic (exact) mass is 636 g/mol. The fraction of sp³-hybridized carbons (Fsp3) is 0.923. The first-order valence-electron chi connectivity index (χ1n) is 18.4.